The van der Waals surface area contributed by atoms with Crippen LogP contribution in [0.15, 0.2) is 0 Å². The fourth-order valence-electron chi connectivity index (χ4n) is 2.05. The number of rotatable bonds is 11. The summed E-state index contributed by atoms with van der Waals surface area (Å²) in [5.41, 5.74) is 0. The first-order valence-corrected chi connectivity index (χ1v) is 9.92. The highest BCUT2D eigenvalue weighted by Gasteiger charge is 2.03. The second-order valence-corrected chi connectivity index (χ2v) is 5.32. The molecule has 23 heavy (non-hydrogen) atoms. The van der Waals surface area contributed by atoms with Crippen molar-refractivity contribution in [3.63, 3.8) is 0 Å². The van der Waals surface area contributed by atoms with E-state index in [1.165, 1.54) is 19.6 Å². The van der Waals surface area contributed by atoms with Gasteiger partial charge in [0.25, 0.3) is 0 Å². The van der Waals surface area contributed by atoms with Crippen LogP contribution in [0.4, 0.5) is 0 Å². The maximum atomic E-state index is 3.11. The van der Waals surface area contributed by atoms with E-state index in [0.717, 1.165) is 45.9 Å². The molecule has 0 aliphatic rings. The van der Waals surface area contributed by atoms with Gasteiger partial charge in [0.2, 0.25) is 0 Å². The number of hydrogen-bond donors (Lipinski definition) is 1. The summed E-state index contributed by atoms with van der Waals surface area (Å²) in [4.78, 5) is 7.25. The Hall–Kier alpha value is -0.160. The van der Waals surface area contributed by atoms with Gasteiger partial charge in [-0.3, -0.25) is 9.80 Å². The van der Waals surface area contributed by atoms with Crippen molar-refractivity contribution in [2.75, 3.05) is 65.6 Å². The molecule has 0 aromatic rings. The van der Waals surface area contributed by atoms with Crippen molar-refractivity contribution in [2.45, 2.75) is 62.3 Å². The molecule has 0 aliphatic heterocycles. The first-order valence-electron chi connectivity index (χ1n) is 9.92. The van der Waals surface area contributed by atoms with Crippen molar-refractivity contribution in [1.82, 2.24) is 20.0 Å². The first kappa shape index (κ1) is 27.7. The van der Waals surface area contributed by atoms with Gasteiger partial charge < -0.3 is 10.2 Å². The number of nitrogens with zero attached hydrogens (tertiary/aromatic N) is 3. The molecular formula is C19H48N4. The molecule has 0 saturated heterocycles. The highest BCUT2D eigenvalue weighted by molar-refractivity contribution is 4.53. The summed E-state index contributed by atoms with van der Waals surface area (Å²) in [6.07, 6.45) is 0. The minimum atomic E-state index is 1.09. The smallest absolute Gasteiger partial charge is 0.0505 e. The minimum Gasteiger partial charge on any atom is -0.317 e. The van der Waals surface area contributed by atoms with Crippen LogP contribution in [0.25, 0.3) is 0 Å². The summed E-state index contributed by atoms with van der Waals surface area (Å²) < 4.78 is 0. The molecule has 0 saturated carbocycles. The molecule has 0 unspecified atom stereocenters. The van der Waals surface area contributed by atoms with Crippen molar-refractivity contribution in [2.24, 2.45) is 0 Å². The van der Waals surface area contributed by atoms with Crippen LogP contribution in [0.1, 0.15) is 62.3 Å². The van der Waals surface area contributed by atoms with Gasteiger partial charge in [-0.25, -0.2) is 0 Å². The number of hydrogen-bond acceptors (Lipinski definition) is 4. The van der Waals surface area contributed by atoms with Gasteiger partial charge in [-0.1, -0.05) is 62.3 Å². The van der Waals surface area contributed by atoms with Crippen molar-refractivity contribution in [3.8, 4) is 0 Å². The van der Waals surface area contributed by atoms with E-state index in [1.807, 2.05) is 0 Å². The minimum absolute atomic E-state index is 1.09. The van der Waals surface area contributed by atoms with E-state index in [2.05, 4.69) is 82.3 Å². The molecule has 0 fully saturated rings. The lowest BCUT2D eigenvalue weighted by molar-refractivity contribution is 0.152. The molecule has 0 amide bonds. The summed E-state index contributed by atoms with van der Waals surface area (Å²) >= 11 is 0. The Balaban J connectivity index is -0.000000286. The van der Waals surface area contributed by atoms with E-state index in [1.54, 1.807) is 0 Å². The fourth-order valence-corrected chi connectivity index (χ4v) is 2.05. The van der Waals surface area contributed by atoms with E-state index >= 15 is 0 Å². The molecule has 144 valence electrons. The Kier molecular flexibility index (Phi) is 29.0. The normalized spacial score (nSPS) is 10.4. The monoisotopic (exact) mass is 332 g/mol. The van der Waals surface area contributed by atoms with Crippen LogP contribution in [0.3, 0.4) is 0 Å². The van der Waals surface area contributed by atoms with Crippen molar-refractivity contribution >= 4 is 0 Å². The van der Waals surface area contributed by atoms with Crippen molar-refractivity contribution in [3.05, 3.63) is 0 Å². The summed E-state index contributed by atoms with van der Waals surface area (Å²) in [7, 11) is 0. The van der Waals surface area contributed by atoms with Gasteiger partial charge in [-0.05, 0) is 58.9 Å². The van der Waals surface area contributed by atoms with E-state index in [-0.39, 0.29) is 0 Å². The predicted octanol–water partition coefficient (Wildman–Crippen LogP) is 3.59. The zero-order valence-corrected chi connectivity index (χ0v) is 17.9. The highest BCUT2D eigenvalue weighted by atomic mass is 15.3. The predicted molar refractivity (Wildman–Crippen MR) is 108 cm³/mol. The van der Waals surface area contributed by atoms with Crippen LogP contribution in [0.5, 0.6) is 0 Å². The first-order chi connectivity index (χ1) is 11.0. The average molecular weight is 333 g/mol. The van der Waals surface area contributed by atoms with Gasteiger partial charge in [0.15, 0.2) is 0 Å². The summed E-state index contributed by atoms with van der Waals surface area (Å²) in [5.74, 6) is 0. The average Bonchev–Trinajstić information content (AvgIpc) is 2.59. The Morgan fingerprint density at radius 2 is 0.696 bits per heavy atom. The van der Waals surface area contributed by atoms with Crippen LogP contribution >= 0.6 is 0 Å². The van der Waals surface area contributed by atoms with Crippen molar-refractivity contribution in [1.29, 1.82) is 0 Å². The van der Waals surface area contributed by atoms with E-state index in [4.69, 9.17) is 0 Å². The molecule has 0 radical (unpaired) electrons. The van der Waals surface area contributed by atoms with Crippen LogP contribution in [0.2, 0.25) is 0 Å². The fraction of sp³-hybridized carbons (Fsp3) is 1.00. The van der Waals surface area contributed by atoms with Crippen LogP contribution in [-0.2, 0) is 0 Å². The Labute approximate surface area is 148 Å². The second kappa shape index (κ2) is 24.1. The second-order valence-electron chi connectivity index (χ2n) is 5.32. The van der Waals surface area contributed by atoms with Gasteiger partial charge >= 0.3 is 0 Å². The third-order valence-electron chi connectivity index (χ3n) is 4.03. The Morgan fingerprint density at radius 3 is 0.783 bits per heavy atom. The van der Waals surface area contributed by atoms with Gasteiger partial charge in [-0.2, -0.15) is 0 Å². The quantitative estimate of drug-likeness (QED) is 0.584. The largest absolute Gasteiger partial charge is 0.317 e. The van der Waals surface area contributed by atoms with Gasteiger partial charge in [-0.15, -0.1) is 0 Å². The molecular weight excluding hydrogens is 284 g/mol. The molecule has 0 bridgehead atoms. The molecule has 0 spiro atoms. The molecule has 0 aliphatic carbocycles. The van der Waals surface area contributed by atoms with Gasteiger partial charge in [0, 0.05) is 0 Å². The van der Waals surface area contributed by atoms with E-state index < -0.39 is 0 Å². The third-order valence-corrected chi connectivity index (χ3v) is 4.03. The lowest BCUT2D eigenvalue weighted by atomic mass is 10.5. The maximum absolute atomic E-state index is 3.11. The van der Waals surface area contributed by atoms with Crippen LogP contribution < -0.4 is 5.32 Å². The van der Waals surface area contributed by atoms with Gasteiger partial charge in [0.1, 0.15) is 0 Å². The van der Waals surface area contributed by atoms with E-state index in [0.29, 0.717) is 0 Å². The topological polar surface area (TPSA) is 21.8 Å². The lowest BCUT2D eigenvalue weighted by Crippen LogP contribution is -2.37. The highest BCUT2D eigenvalue weighted by Crippen LogP contribution is 1.92. The zero-order chi connectivity index (χ0) is 18.5. The molecule has 0 aromatic heterocycles. The van der Waals surface area contributed by atoms with Gasteiger partial charge in [0.05, 0.1) is 6.67 Å². The maximum Gasteiger partial charge on any atom is 0.0505 e. The molecule has 0 aromatic carbocycles. The summed E-state index contributed by atoms with van der Waals surface area (Å²) in [6.45, 7) is 31.1. The molecule has 1 N–H and O–H groups in total. The Bertz CT molecular complexity index is 159. The summed E-state index contributed by atoms with van der Waals surface area (Å²) in [6, 6.07) is 0. The third kappa shape index (κ3) is 21.8. The standard InChI is InChI=1S/C9H22N2.C6H15N.C4H11N/c1-5-10(6-2)9-11(7-3)8-4;1-4-7(5-2)6-3;1-3-5-4-2/h5-9H2,1-4H3;4-6H2,1-3H3;5H,3-4H2,1-2H3. The Morgan fingerprint density at radius 1 is 0.435 bits per heavy atom. The van der Waals surface area contributed by atoms with E-state index in [9.17, 15) is 0 Å². The molecule has 4 heteroatoms. The molecule has 0 atom stereocenters. The number of nitrogens with one attached hydrogen (secondary N) is 1. The van der Waals surface area contributed by atoms with Crippen molar-refractivity contribution < 1.29 is 0 Å². The van der Waals surface area contributed by atoms with Crippen LogP contribution in [-0.4, -0.2) is 80.3 Å². The molecule has 0 rings (SSSR count). The summed E-state index contributed by atoms with van der Waals surface area (Å²) in [5, 5.41) is 3.11. The van der Waals surface area contributed by atoms with Crippen LogP contribution in [0, 0.1) is 0 Å². The lowest BCUT2D eigenvalue weighted by Gasteiger charge is -2.26. The molecule has 4 nitrogen and oxygen atoms in total. The zero-order valence-electron chi connectivity index (χ0n) is 17.9. The SMILES string of the molecule is CCN(CC)CC.CCN(CC)CN(CC)CC.CCNCC. The molecule has 0 heterocycles.